The SMILES string of the molecule is Nc1ccc(NC(=O)c2ccc(C(F)(F)F)cc2)c(O)c1. The first-order chi connectivity index (χ1) is 9.77. The second-order valence-corrected chi connectivity index (χ2v) is 4.31. The van der Waals surface area contributed by atoms with Crippen LogP contribution in [-0.4, -0.2) is 11.0 Å². The first-order valence-electron chi connectivity index (χ1n) is 5.84. The van der Waals surface area contributed by atoms with Crippen LogP contribution in [-0.2, 0) is 6.18 Å². The van der Waals surface area contributed by atoms with Gasteiger partial charge in [0.15, 0.2) is 0 Å². The number of carbonyl (C=O) groups excluding carboxylic acids is 1. The van der Waals surface area contributed by atoms with E-state index in [1.54, 1.807) is 0 Å². The minimum atomic E-state index is -4.45. The average Bonchev–Trinajstić information content (AvgIpc) is 2.41. The number of nitrogens with one attached hydrogen (secondary N) is 1. The highest BCUT2D eigenvalue weighted by Gasteiger charge is 2.30. The topological polar surface area (TPSA) is 75.3 Å². The minimum absolute atomic E-state index is 0.0409. The van der Waals surface area contributed by atoms with Crippen LogP contribution >= 0.6 is 0 Å². The molecule has 1 amide bonds. The van der Waals surface area contributed by atoms with E-state index in [0.29, 0.717) is 5.69 Å². The highest BCUT2D eigenvalue weighted by molar-refractivity contribution is 6.05. The molecule has 110 valence electrons. The Labute approximate surface area is 118 Å². The summed E-state index contributed by atoms with van der Waals surface area (Å²) in [6.07, 6.45) is -4.45. The zero-order chi connectivity index (χ0) is 15.6. The van der Waals surface area contributed by atoms with Crippen molar-refractivity contribution < 1.29 is 23.1 Å². The van der Waals surface area contributed by atoms with Gasteiger partial charge in [-0.3, -0.25) is 4.79 Å². The number of benzene rings is 2. The van der Waals surface area contributed by atoms with Gasteiger partial charge in [0, 0.05) is 17.3 Å². The molecule has 21 heavy (non-hydrogen) atoms. The molecule has 0 fully saturated rings. The van der Waals surface area contributed by atoms with Crippen LogP contribution in [0, 0.1) is 0 Å². The van der Waals surface area contributed by atoms with Crippen LogP contribution in [0.4, 0.5) is 24.5 Å². The maximum Gasteiger partial charge on any atom is 0.416 e. The van der Waals surface area contributed by atoms with Crippen LogP contribution in [0.5, 0.6) is 5.75 Å². The van der Waals surface area contributed by atoms with Crippen molar-refractivity contribution in [3.05, 3.63) is 53.6 Å². The zero-order valence-electron chi connectivity index (χ0n) is 10.6. The van der Waals surface area contributed by atoms with Gasteiger partial charge in [0.25, 0.3) is 5.91 Å². The molecule has 2 aromatic rings. The second kappa shape index (κ2) is 5.35. The molecule has 0 atom stereocenters. The van der Waals surface area contributed by atoms with Gasteiger partial charge < -0.3 is 16.2 Å². The van der Waals surface area contributed by atoms with Crippen molar-refractivity contribution in [2.45, 2.75) is 6.18 Å². The Balaban J connectivity index is 2.17. The third-order valence-electron chi connectivity index (χ3n) is 2.74. The number of halogens is 3. The fraction of sp³-hybridized carbons (Fsp3) is 0.0714. The van der Waals surface area contributed by atoms with Gasteiger partial charge >= 0.3 is 6.18 Å². The monoisotopic (exact) mass is 296 g/mol. The minimum Gasteiger partial charge on any atom is -0.506 e. The number of nitrogens with two attached hydrogens (primary N) is 1. The van der Waals surface area contributed by atoms with Crippen molar-refractivity contribution in [3.63, 3.8) is 0 Å². The molecule has 4 nitrogen and oxygen atoms in total. The van der Waals surface area contributed by atoms with Crippen LogP contribution in [0.1, 0.15) is 15.9 Å². The standard InChI is InChI=1S/C14H11F3N2O2/c15-14(16,17)9-3-1-8(2-4-9)13(21)19-11-6-5-10(18)7-12(11)20/h1-7,20H,18H2,(H,19,21). The lowest BCUT2D eigenvalue weighted by atomic mass is 10.1. The van der Waals surface area contributed by atoms with Gasteiger partial charge in [-0.25, -0.2) is 0 Å². The van der Waals surface area contributed by atoms with Crippen LogP contribution < -0.4 is 11.1 Å². The van der Waals surface area contributed by atoms with Crippen molar-refractivity contribution in [2.75, 3.05) is 11.1 Å². The van der Waals surface area contributed by atoms with Gasteiger partial charge in [0.1, 0.15) is 5.75 Å². The van der Waals surface area contributed by atoms with Crippen LogP contribution in [0.25, 0.3) is 0 Å². The van der Waals surface area contributed by atoms with Gasteiger partial charge in [0.2, 0.25) is 0 Å². The first kappa shape index (κ1) is 14.7. The van der Waals surface area contributed by atoms with Crippen LogP contribution in [0.2, 0.25) is 0 Å². The Morgan fingerprint density at radius 3 is 2.24 bits per heavy atom. The number of hydrogen-bond donors (Lipinski definition) is 3. The van der Waals surface area contributed by atoms with E-state index in [1.165, 1.54) is 18.2 Å². The fourth-order valence-electron chi connectivity index (χ4n) is 1.66. The lowest BCUT2D eigenvalue weighted by Gasteiger charge is -2.09. The van der Waals surface area contributed by atoms with Crippen molar-refractivity contribution in [3.8, 4) is 5.75 Å². The zero-order valence-corrected chi connectivity index (χ0v) is 10.6. The van der Waals surface area contributed by atoms with E-state index >= 15 is 0 Å². The maximum atomic E-state index is 12.4. The van der Waals surface area contributed by atoms with Gasteiger partial charge in [-0.2, -0.15) is 13.2 Å². The molecule has 0 heterocycles. The number of carbonyl (C=O) groups is 1. The molecule has 0 radical (unpaired) electrons. The highest BCUT2D eigenvalue weighted by Crippen LogP contribution is 2.29. The molecule has 0 saturated heterocycles. The maximum absolute atomic E-state index is 12.4. The Morgan fingerprint density at radius 2 is 1.71 bits per heavy atom. The van der Waals surface area contributed by atoms with E-state index in [9.17, 15) is 23.1 Å². The van der Waals surface area contributed by atoms with E-state index in [-0.39, 0.29) is 17.0 Å². The number of alkyl halides is 3. The molecule has 2 aromatic carbocycles. The van der Waals surface area contributed by atoms with E-state index in [4.69, 9.17) is 5.73 Å². The Morgan fingerprint density at radius 1 is 1.10 bits per heavy atom. The number of aromatic hydroxyl groups is 1. The molecule has 0 aliphatic rings. The number of anilines is 2. The predicted octanol–water partition coefficient (Wildman–Crippen LogP) is 3.25. The predicted molar refractivity (Wildman–Crippen MR) is 71.9 cm³/mol. The van der Waals surface area contributed by atoms with Crippen LogP contribution in [0.15, 0.2) is 42.5 Å². The van der Waals surface area contributed by atoms with Crippen molar-refractivity contribution >= 4 is 17.3 Å². The summed E-state index contributed by atoms with van der Waals surface area (Å²) in [4.78, 5) is 11.9. The number of hydrogen-bond acceptors (Lipinski definition) is 3. The summed E-state index contributed by atoms with van der Waals surface area (Å²) < 4.78 is 37.2. The Kier molecular flexibility index (Phi) is 3.75. The van der Waals surface area contributed by atoms with Gasteiger partial charge in [-0.1, -0.05) is 0 Å². The van der Waals surface area contributed by atoms with Gasteiger partial charge in [0.05, 0.1) is 11.3 Å². The van der Waals surface area contributed by atoms with Crippen molar-refractivity contribution in [1.82, 2.24) is 0 Å². The highest BCUT2D eigenvalue weighted by atomic mass is 19.4. The molecule has 0 bridgehead atoms. The van der Waals surface area contributed by atoms with Crippen LogP contribution in [0.3, 0.4) is 0 Å². The summed E-state index contributed by atoms with van der Waals surface area (Å²) in [6.45, 7) is 0. The molecule has 2 rings (SSSR count). The molecule has 4 N–H and O–H groups in total. The number of phenols is 1. The third-order valence-corrected chi connectivity index (χ3v) is 2.74. The number of amides is 1. The second-order valence-electron chi connectivity index (χ2n) is 4.31. The summed E-state index contributed by atoms with van der Waals surface area (Å²) in [5, 5.41) is 12.0. The molecular formula is C14H11F3N2O2. The average molecular weight is 296 g/mol. The molecule has 0 aromatic heterocycles. The van der Waals surface area contributed by atoms with E-state index in [0.717, 1.165) is 24.3 Å². The van der Waals surface area contributed by atoms with Crippen molar-refractivity contribution in [1.29, 1.82) is 0 Å². The number of nitrogen functional groups attached to an aromatic ring is 1. The normalized spacial score (nSPS) is 11.2. The number of rotatable bonds is 2. The van der Waals surface area contributed by atoms with Gasteiger partial charge in [-0.15, -0.1) is 0 Å². The summed E-state index contributed by atoms with van der Waals surface area (Å²) in [5.74, 6) is -0.862. The lowest BCUT2D eigenvalue weighted by Crippen LogP contribution is -2.13. The lowest BCUT2D eigenvalue weighted by molar-refractivity contribution is -0.137. The molecule has 0 saturated carbocycles. The molecule has 0 aliphatic carbocycles. The van der Waals surface area contributed by atoms with E-state index in [2.05, 4.69) is 5.32 Å². The first-order valence-corrected chi connectivity index (χ1v) is 5.84. The molecule has 0 unspecified atom stereocenters. The molecular weight excluding hydrogens is 285 g/mol. The molecule has 7 heteroatoms. The Hall–Kier alpha value is -2.70. The molecule has 0 aliphatic heterocycles. The summed E-state index contributed by atoms with van der Waals surface area (Å²) in [7, 11) is 0. The summed E-state index contributed by atoms with van der Waals surface area (Å²) in [6, 6.07) is 7.88. The van der Waals surface area contributed by atoms with Crippen molar-refractivity contribution in [2.24, 2.45) is 0 Å². The fourth-order valence-corrected chi connectivity index (χ4v) is 1.66. The quantitative estimate of drug-likeness (QED) is 0.588. The third kappa shape index (κ3) is 3.44. The largest absolute Gasteiger partial charge is 0.506 e. The number of phenolic OH excluding ortho intramolecular Hbond substituents is 1. The van der Waals surface area contributed by atoms with E-state index in [1.807, 2.05) is 0 Å². The smallest absolute Gasteiger partial charge is 0.416 e. The summed E-state index contributed by atoms with van der Waals surface area (Å²) >= 11 is 0. The van der Waals surface area contributed by atoms with Gasteiger partial charge in [-0.05, 0) is 36.4 Å². The van der Waals surface area contributed by atoms with E-state index < -0.39 is 17.6 Å². The Bertz CT molecular complexity index is 667. The molecule has 0 spiro atoms. The summed E-state index contributed by atoms with van der Waals surface area (Å²) in [5.41, 5.74) is 5.09.